The van der Waals surface area contributed by atoms with E-state index in [1.54, 1.807) is 0 Å². The Kier molecular flexibility index (Phi) is 27.9. The molecule has 0 aliphatic rings. The molecule has 12 heteroatoms. The Bertz CT molecular complexity index is 309. The molecule has 0 N–H and O–H groups in total. The maximum atomic E-state index is 4.82. The van der Waals surface area contributed by atoms with Crippen LogP contribution in [-0.4, -0.2) is 49.4 Å². The zero-order valence-electron chi connectivity index (χ0n) is 24.2. The molecule has 0 aliphatic carbocycles. The van der Waals surface area contributed by atoms with E-state index in [1.165, 1.54) is 0 Å². The molecule has 0 saturated carbocycles. The van der Waals surface area contributed by atoms with Gasteiger partial charge in [0.2, 0.25) is 0 Å². The maximum absolute atomic E-state index is 4.82. The first-order chi connectivity index (χ1) is 11.1. The third-order valence-electron chi connectivity index (χ3n) is 2.01. The van der Waals surface area contributed by atoms with Gasteiger partial charge in [-0.25, -0.2) is 0 Å². The van der Waals surface area contributed by atoms with E-state index in [2.05, 4.69) is 118 Å². The van der Waals surface area contributed by atoms with E-state index in [4.69, 9.17) is 13.9 Å². The molecule has 0 rings (SSSR count). The minimum absolute atomic E-state index is 0. The molecule has 0 spiro atoms. The molecule has 0 heterocycles. The molecule has 176 valence electrons. The average molecular weight is 660 g/mol. The van der Waals surface area contributed by atoms with Gasteiger partial charge < -0.3 is 19.4 Å². The van der Waals surface area contributed by atoms with Crippen molar-refractivity contribution in [1.29, 1.82) is 0 Å². The van der Waals surface area contributed by atoms with Crippen LogP contribution in [0.1, 0.15) is 0 Å². The van der Waals surface area contributed by atoms with Gasteiger partial charge in [-0.2, -0.15) is 0 Å². The summed E-state index contributed by atoms with van der Waals surface area (Å²) in [5.41, 5.74) is 0. The van der Waals surface area contributed by atoms with Crippen LogP contribution in [0.5, 0.6) is 0 Å². The van der Waals surface area contributed by atoms with Crippen molar-refractivity contribution in [2.75, 3.05) is 0 Å². The summed E-state index contributed by atoms with van der Waals surface area (Å²) in [4.78, 5) is 0. The second-order valence-corrected chi connectivity index (χ2v) is 42.1. The van der Waals surface area contributed by atoms with Gasteiger partial charge in [0.05, 0.1) is 0 Å². The molecule has 0 fully saturated rings. The first kappa shape index (κ1) is 46.8. The zero-order chi connectivity index (χ0) is 23.1. The Hall–Kier alpha value is 3.52. The van der Waals surface area contributed by atoms with Crippen molar-refractivity contribution in [3.8, 4) is 0 Å². The third kappa shape index (κ3) is 63.4. The summed E-state index contributed by atoms with van der Waals surface area (Å²) in [5.74, 6) is 0. The molecule has 0 radical (unpaired) electrons. The molecule has 0 atom stereocenters. The van der Waals surface area contributed by atoms with Gasteiger partial charge in [0.1, 0.15) is 0 Å². The van der Waals surface area contributed by atoms with Crippen molar-refractivity contribution in [1.82, 2.24) is 0 Å². The van der Waals surface area contributed by atoms with Crippen LogP contribution in [0.15, 0.2) is 0 Å². The quantitative estimate of drug-likeness (QED) is 0.315. The van der Waals surface area contributed by atoms with Gasteiger partial charge in [0, 0.05) is 0 Å². The Morgan fingerprint density at radius 2 is 0.367 bits per heavy atom. The smallest absolute Gasteiger partial charge is 2.00 e. The van der Waals surface area contributed by atoms with Gasteiger partial charge in [-0.1, -0.05) is 167 Å². The third-order valence-corrected chi connectivity index (χ3v) is 18.1. The van der Waals surface area contributed by atoms with Gasteiger partial charge in [-0.15, -0.1) is 0 Å². The van der Waals surface area contributed by atoms with Crippen molar-refractivity contribution in [3.63, 3.8) is 0 Å². The van der Waals surface area contributed by atoms with E-state index >= 15 is 0 Å². The van der Waals surface area contributed by atoms with Gasteiger partial charge in [-0.3, -0.25) is 0 Å². The van der Waals surface area contributed by atoms with Gasteiger partial charge >= 0.3 is 71.3 Å². The predicted octanol–water partition coefficient (Wildman–Crippen LogP) is 5.97. The predicted molar refractivity (Wildman–Crippen MR) is 151 cm³/mol. The van der Waals surface area contributed by atoms with Crippen LogP contribution in [-0.2, 0) is 5.48 Å². The fourth-order valence-corrected chi connectivity index (χ4v) is 27.2. The summed E-state index contributed by atoms with van der Waals surface area (Å²) in [6, 6.07) is 0. The van der Waals surface area contributed by atoms with E-state index in [-0.39, 0.29) is 76.8 Å². The van der Waals surface area contributed by atoms with Crippen LogP contribution in [0, 0.1) is 41.7 Å². The summed E-state index contributed by atoms with van der Waals surface area (Å²) >= 11 is 0. The monoisotopic (exact) mass is 659 g/mol. The van der Waals surface area contributed by atoms with Crippen molar-refractivity contribution >= 4 is 49.4 Å². The van der Waals surface area contributed by atoms with Gasteiger partial charge in [0.25, 0.3) is 0 Å². The standard InChI is InChI=1S/3C6H18NSi2.Ce.Na.O/c3*1-8(2,3)7-9(4,5)6;;;/h3*1-6H3;;;/q3*-1;+4;+1;-2. The minimum Gasteiger partial charge on any atom is -2.00 e. The van der Waals surface area contributed by atoms with E-state index in [0.29, 0.717) is 0 Å². The zero-order valence-corrected chi connectivity index (χ0v) is 35.4. The van der Waals surface area contributed by atoms with E-state index in [9.17, 15) is 0 Å². The molecular formula is C18H54CeN3NaOSi6. The molecule has 4 nitrogen and oxygen atoms in total. The maximum Gasteiger partial charge on any atom is 4.00 e. The van der Waals surface area contributed by atoms with Crippen molar-refractivity contribution in [2.24, 2.45) is 0 Å². The summed E-state index contributed by atoms with van der Waals surface area (Å²) in [5, 5.41) is 0. The van der Waals surface area contributed by atoms with Crippen LogP contribution in [0.25, 0.3) is 13.9 Å². The fraction of sp³-hybridized carbons (Fsp3) is 1.00. The Morgan fingerprint density at radius 3 is 0.367 bits per heavy atom. The first-order valence-electron chi connectivity index (χ1n) is 10.3. The molecule has 0 aliphatic heterocycles. The summed E-state index contributed by atoms with van der Waals surface area (Å²) in [6.45, 7) is 41.3. The summed E-state index contributed by atoms with van der Waals surface area (Å²) in [7, 11) is -6.64. The minimum atomic E-state index is -1.11. The van der Waals surface area contributed by atoms with Crippen molar-refractivity contribution < 1.29 is 76.8 Å². The average Bonchev–Trinajstić information content (AvgIpc) is 1.96. The van der Waals surface area contributed by atoms with Crippen molar-refractivity contribution in [3.05, 3.63) is 13.9 Å². The summed E-state index contributed by atoms with van der Waals surface area (Å²) in [6.07, 6.45) is 0. The van der Waals surface area contributed by atoms with Gasteiger partial charge in [0.15, 0.2) is 0 Å². The molecule has 0 aromatic carbocycles. The SMILES string of the molecule is C[Si](C)(C)[N-][Si](C)(C)C.C[Si](C)(C)[N-][Si](C)(C)C.C[Si](C)(C)[N-][Si](C)(C)C.[Ce+4].[Na+].[O-2]. The first-order valence-corrected chi connectivity index (χ1v) is 31.0. The number of hydrogen-bond acceptors (Lipinski definition) is 0. The molecule has 0 saturated heterocycles. The van der Waals surface area contributed by atoms with Crippen LogP contribution in [0.2, 0.25) is 118 Å². The van der Waals surface area contributed by atoms with E-state index in [0.717, 1.165) is 0 Å². The normalized spacial score (nSPS) is 12.6. The number of hydrogen-bond donors (Lipinski definition) is 0. The van der Waals surface area contributed by atoms with Crippen LogP contribution >= 0.6 is 0 Å². The molecule has 0 amide bonds. The molecular weight excluding hydrogens is 606 g/mol. The largest absolute Gasteiger partial charge is 4.00 e. The van der Waals surface area contributed by atoms with Crippen LogP contribution in [0.4, 0.5) is 0 Å². The molecule has 30 heavy (non-hydrogen) atoms. The van der Waals surface area contributed by atoms with E-state index in [1.807, 2.05) is 0 Å². The molecule has 0 aromatic rings. The van der Waals surface area contributed by atoms with Crippen LogP contribution < -0.4 is 29.6 Å². The number of nitrogens with zero attached hydrogens (tertiary/aromatic N) is 3. The topological polar surface area (TPSA) is 70.8 Å². The van der Waals surface area contributed by atoms with Crippen LogP contribution in [0.3, 0.4) is 0 Å². The van der Waals surface area contributed by atoms with E-state index < -0.39 is 49.4 Å². The Morgan fingerprint density at radius 1 is 0.300 bits per heavy atom. The molecule has 0 aromatic heterocycles. The second-order valence-electron chi connectivity index (χ2n) is 13.4. The number of rotatable bonds is 6. The summed E-state index contributed by atoms with van der Waals surface area (Å²) < 4.78 is 14.5. The molecule has 0 unspecified atom stereocenters. The fourth-order valence-electron chi connectivity index (χ4n) is 3.02. The molecule has 0 bridgehead atoms. The van der Waals surface area contributed by atoms with Crippen molar-refractivity contribution in [2.45, 2.75) is 118 Å². The Labute approximate surface area is 254 Å². The second kappa shape index (κ2) is 17.9. The van der Waals surface area contributed by atoms with Gasteiger partial charge in [-0.05, 0) is 0 Å². The Balaban J connectivity index is -0.0000000686.